The summed E-state index contributed by atoms with van der Waals surface area (Å²) in [5, 5.41) is 3.50. The Morgan fingerprint density at radius 2 is 2.29 bits per heavy atom. The topological polar surface area (TPSA) is 29.1 Å². The summed E-state index contributed by atoms with van der Waals surface area (Å²) in [7, 11) is 0. The molecule has 2 nitrogen and oxygen atoms in total. The van der Waals surface area contributed by atoms with Crippen molar-refractivity contribution >= 4 is 18.0 Å². The lowest BCUT2D eigenvalue weighted by atomic mass is 10.0. The van der Waals surface area contributed by atoms with Crippen LogP contribution in [0.1, 0.15) is 18.1 Å². The minimum absolute atomic E-state index is 0.143. The predicted molar refractivity (Wildman–Crippen MR) is 58.6 cm³/mol. The Morgan fingerprint density at radius 3 is 2.93 bits per heavy atom. The maximum atomic E-state index is 10.2. The molecule has 0 bridgehead atoms. The number of nitrogens with one attached hydrogen (secondary N) is 1. The van der Waals surface area contributed by atoms with E-state index in [1.807, 2.05) is 32.0 Å². The molecular formula is C11H14ClNO. The Hall–Kier alpha value is -1.02. The van der Waals surface area contributed by atoms with Gasteiger partial charge >= 0.3 is 0 Å². The summed E-state index contributed by atoms with van der Waals surface area (Å²) in [6.07, 6.45) is 1.54. The first kappa shape index (κ1) is 11.1. The van der Waals surface area contributed by atoms with Gasteiger partial charge in [-0.05, 0) is 37.5 Å². The molecule has 0 aromatic heterocycles. The fourth-order valence-electron chi connectivity index (χ4n) is 1.38. The SMILES string of the molecule is Cc1c(Cl)cccc1CC(C)NC=O. The van der Waals surface area contributed by atoms with Crippen molar-refractivity contribution in [2.45, 2.75) is 26.3 Å². The van der Waals surface area contributed by atoms with E-state index < -0.39 is 0 Å². The molecule has 1 unspecified atom stereocenters. The van der Waals surface area contributed by atoms with E-state index in [1.54, 1.807) is 0 Å². The van der Waals surface area contributed by atoms with Crippen LogP contribution in [0.15, 0.2) is 18.2 Å². The van der Waals surface area contributed by atoms with Crippen molar-refractivity contribution in [1.29, 1.82) is 0 Å². The second kappa shape index (κ2) is 5.01. The van der Waals surface area contributed by atoms with Crippen LogP contribution in [0.5, 0.6) is 0 Å². The smallest absolute Gasteiger partial charge is 0.207 e. The van der Waals surface area contributed by atoms with E-state index in [0.717, 1.165) is 23.4 Å². The summed E-state index contributed by atoms with van der Waals surface area (Å²) < 4.78 is 0. The van der Waals surface area contributed by atoms with Gasteiger partial charge in [0.1, 0.15) is 0 Å². The zero-order chi connectivity index (χ0) is 10.6. The minimum Gasteiger partial charge on any atom is -0.356 e. The highest BCUT2D eigenvalue weighted by Gasteiger charge is 2.06. The highest BCUT2D eigenvalue weighted by molar-refractivity contribution is 6.31. The molecule has 0 saturated carbocycles. The molecule has 3 heteroatoms. The summed E-state index contributed by atoms with van der Waals surface area (Å²) in [5.41, 5.74) is 2.27. The molecule has 0 aliphatic heterocycles. The molecule has 1 N–H and O–H groups in total. The average Bonchev–Trinajstić information content (AvgIpc) is 2.13. The van der Waals surface area contributed by atoms with Crippen LogP contribution in [0.3, 0.4) is 0 Å². The van der Waals surface area contributed by atoms with Gasteiger partial charge in [0.15, 0.2) is 0 Å². The molecule has 0 fully saturated rings. The van der Waals surface area contributed by atoms with Gasteiger partial charge in [0, 0.05) is 11.1 Å². The van der Waals surface area contributed by atoms with Crippen molar-refractivity contribution in [3.05, 3.63) is 34.3 Å². The first-order chi connectivity index (χ1) is 6.65. The van der Waals surface area contributed by atoms with Crippen LogP contribution in [0.25, 0.3) is 0 Å². The Bertz CT molecular complexity index is 325. The zero-order valence-electron chi connectivity index (χ0n) is 8.38. The van der Waals surface area contributed by atoms with Gasteiger partial charge in [0.05, 0.1) is 0 Å². The second-order valence-electron chi connectivity index (χ2n) is 3.41. The maximum absolute atomic E-state index is 10.2. The summed E-state index contributed by atoms with van der Waals surface area (Å²) in [6.45, 7) is 3.96. The normalized spacial score (nSPS) is 12.2. The van der Waals surface area contributed by atoms with Gasteiger partial charge in [-0.15, -0.1) is 0 Å². The number of rotatable bonds is 4. The zero-order valence-corrected chi connectivity index (χ0v) is 9.14. The predicted octanol–water partition coefficient (Wildman–Crippen LogP) is 2.33. The molecule has 0 radical (unpaired) electrons. The molecule has 1 amide bonds. The lowest BCUT2D eigenvalue weighted by Crippen LogP contribution is -2.26. The number of hydrogen-bond acceptors (Lipinski definition) is 1. The van der Waals surface area contributed by atoms with Crippen molar-refractivity contribution in [2.75, 3.05) is 0 Å². The van der Waals surface area contributed by atoms with Crippen molar-refractivity contribution in [2.24, 2.45) is 0 Å². The molecule has 1 aromatic carbocycles. The third-order valence-electron chi connectivity index (χ3n) is 2.26. The van der Waals surface area contributed by atoms with E-state index in [4.69, 9.17) is 11.6 Å². The van der Waals surface area contributed by atoms with Crippen molar-refractivity contribution < 1.29 is 4.79 Å². The molecule has 1 aromatic rings. The van der Waals surface area contributed by atoms with Crippen LogP contribution in [0, 0.1) is 6.92 Å². The van der Waals surface area contributed by atoms with Crippen molar-refractivity contribution in [3.8, 4) is 0 Å². The summed E-state index contributed by atoms with van der Waals surface area (Å²) in [4.78, 5) is 10.2. The van der Waals surface area contributed by atoms with Crippen LogP contribution >= 0.6 is 11.6 Å². The number of hydrogen-bond donors (Lipinski definition) is 1. The van der Waals surface area contributed by atoms with Crippen LogP contribution in [0.2, 0.25) is 5.02 Å². The van der Waals surface area contributed by atoms with E-state index in [0.29, 0.717) is 0 Å². The average molecular weight is 212 g/mol. The number of carbonyl (C=O) groups is 1. The third-order valence-corrected chi connectivity index (χ3v) is 2.67. The molecule has 1 atom stereocenters. The number of benzene rings is 1. The Morgan fingerprint density at radius 1 is 1.57 bits per heavy atom. The van der Waals surface area contributed by atoms with Crippen LogP contribution in [-0.4, -0.2) is 12.5 Å². The highest BCUT2D eigenvalue weighted by Crippen LogP contribution is 2.19. The van der Waals surface area contributed by atoms with Crippen LogP contribution in [0.4, 0.5) is 0 Å². The standard InChI is InChI=1S/C11H14ClNO/c1-8(13-7-14)6-10-4-3-5-11(12)9(10)2/h3-5,7-8H,6H2,1-2H3,(H,13,14). The number of amides is 1. The molecular weight excluding hydrogens is 198 g/mol. The Balaban J connectivity index is 2.76. The van der Waals surface area contributed by atoms with E-state index in [1.165, 1.54) is 5.56 Å². The van der Waals surface area contributed by atoms with E-state index in [9.17, 15) is 4.79 Å². The van der Waals surface area contributed by atoms with Gasteiger partial charge in [0.2, 0.25) is 6.41 Å². The molecule has 76 valence electrons. The fraction of sp³-hybridized carbons (Fsp3) is 0.364. The van der Waals surface area contributed by atoms with Crippen molar-refractivity contribution in [3.63, 3.8) is 0 Å². The molecule has 1 rings (SSSR count). The van der Waals surface area contributed by atoms with Crippen LogP contribution < -0.4 is 5.32 Å². The lowest BCUT2D eigenvalue weighted by molar-refractivity contribution is -0.110. The molecule has 0 heterocycles. The quantitative estimate of drug-likeness (QED) is 0.761. The molecule has 0 saturated heterocycles. The molecule has 0 spiro atoms. The maximum Gasteiger partial charge on any atom is 0.207 e. The van der Waals surface area contributed by atoms with Gasteiger partial charge in [-0.3, -0.25) is 4.79 Å². The largest absolute Gasteiger partial charge is 0.356 e. The summed E-state index contributed by atoms with van der Waals surface area (Å²) in [5.74, 6) is 0. The Labute approximate surface area is 89.3 Å². The van der Waals surface area contributed by atoms with E-state index >= 15 is 0 Å². The van der Waals surface area contributed by atoms with Gasteiger partial charge in [-0.25, -0.2) is 0 Å². The van der Waals surface area contributed by atoms with Crippen molar-refractivity contribution in [1.82, 2.24) is 5.32 Å². The monoisotopic (exact) mass is 211 g/mol. The van der Waals surface area contributed by atoms with Gasteiger partial charge in [0.25, 0.3) is 0 Å². The first-order valence-corrected chi connectivity index (χ1v) is 4.96. The summed E-state index contributed by atoms with van der Waals surface area (Å²) in [6, 6.07) is 5.98. The molecule has 0 aliphatic carbocycles. The molecule has 0 aliphatic rings. The van der Waals surface area contributed by atoms with E-state index in [2.05, 4.69) is 5.32 Å². The lowest BCUT2D eigenvalue weighted by Gasteiger charge is -2.12. The second-order valence-corrected chi connectivity index (χ2v) is 3.82. The third kappa shape index (κ3) is 2.74. The Kier molecular flexibility index (Phi) is 3.96. The highest BCUT2D eigenvalue weighted by atomic mass is 35.5. The number of halogens is 1. The fourth-order valence-corrected chi connectivity index (χ4v) is 1.57. The minimum atomic E-state index is 0.143. The number of carbonyl (C=O) groups excluding carboxylic acids is 1. The van der Waals surface area contributed by atoms with Crippen LogP contribution in [-0.2, 0) is 11.2 Å². The van der Waals surface area contributed by atoms with Gasteiger partial charge in [-0.2, -0.15) is 0 Å². The molecule has 14 heavy (non-hydrogen) atoms. The summed E-state index contributed by atoms with van der Waals surface area (Å²) >= 11 is 5.98. The van der Waals surface area contributed by atoms with E-state index in [-0.39, 0.29) is 6.04 Å². The van der Waals surface area contributed by atoms with Gasteiger partial charge < -0.3 is 5.32 Å². The van der Waals surface area contributed by atoms with Gasteiger partial charge in [-0.1, -0.05) is 23.7 Å². The first-order valence-electron chi connectivity index (χ1n) is 4.59.